The lowest BCUT2D eigenvalue weighted by Crippen LogP contribution is -2.32. The molecule has 0 N–H and O–H groups in total. The third-order valence-electron chi connectivity index (χ3n) is 16.5. The number of hydrogen-bond acceptors (Lipinski definition) is 2. The SMILES string of the molecule is CC1=CC(N(C2=CC=C(/C(C)=C/C=C(\C)N(C3=CC4=C(C=CC3)c3ccccc3C4(C)C)c3ccc(Cc4ccccc4)cc3)CC=C2)c2ccc(C3=CC=CCCC3)cc2CC2=CC=CCC=C2)C=CC=C1c1ccccc1. The van der Waals surface area contributed by atoms with Crippen LogP contribution in [0.25, 0.3) is 16.7 Å². The van der Waals surface area contributed by atoms with Gasteiger partial charge in [-0.3, -0.25) is 0 Å². The number of fused-ring (bicyclic) bond motifs is 2. The van der Waals surface area contributed by atoms with Gasteiger partial charge in [0.05, 0.1) is 6.04 Å². The average Bonchev–Trinajstić information content (AvgIpc) is 4.20. The molecule has 6 aliphatic rings. The molecule has 79 heavy (non-hydrogen) atoms. The number of allylic oxidation sites excluding steroid dienone is 28. The number of nitrogens with zero attached hydrogens (tertiary/aromatic N) is 2. The van der Waals surface area contributed by atoms with Crippen molar-refractivity contribution in [2.24, 2.45) is 0 Å². The van der Waals surface area contributed by atoms with Gasteiger partial charge in [0.2, 0.25) is 0 Å². The molecular weight excluding hydrogens is 953 g/mol. The van der Waals surface area contributed by atoms with Gasteiger partial charge in [-0.15, -0.1) is 0 Å². The fourth-order valence-electron chi connectivity index (χ4n) is 12.2. The van der Waals surface area contributed by atoms with E-state index in [2.05, 4.69) is 299 Å². The first-order valence-corrected chi connectivity index (χ1v) is 28.7. The maximum atomic E-state index is 2.58. The molecule has 0 heterocycles. The van der Waals surface area contributed by atoms with Crippen molar-refractivity contribution in [3.8, 4) is 0 Å². The van der Waals surface area contributed by atoms with Gasteiger partial charge in [0.25, 0.3) is 0 Å². The van der Waals surface area contributed by atoms with Crippen molar-refractivity contribution in [2.75, 3.05) is 9.80 Å². The maximum absolute atomic E-state index is 2.58. The molecule has 0 radical (unpaired) electrons. The van der Waals surface area contributed by atoms with Gasteiger partial charge in [0.15, 0.2) is 0 Å². The van der Waals surface area contributed by atoms with Crippen LogP contribution < -0.4 is 9.80 Å². The topological polar surface area (TPSA) is 6.48 Å². The largest absolute Gasteiger partial charge is 0.331 e. The van der Waals surface area contributed by atoms with Crippen LogP contribution in [0, 0.1) is 0 Å². The lowest BCUT2D eigenvalue weighted by Gasteiger charge is -2.34. The van der Waals surface area contributed by atoms with E-state index < -0.39 is 0 Å². The van der Waals surface area contributed by atoms with Crippen molar-refractivity contribution in [2.45, 2.75) is 97.4 Å². The second-order valence-electron chi connectivity index (χ2n) is 22.3. The zero-order valence-electron chi connectivity index (χ0n) is 46.9. The summed E-state index contributed by atoms with van der Waals surface area (Å²) in [6.07, 6.45) is 56.7. The predicted octanol–water partition coefficient (Wildman–Crippen LogP) is 19.9. The van der Waals surface area contributed by atoms with Crippen molar-refractivity contribution in [1.29, 1.82) is 0 Å². The molecule has 2 heteroatoms. The van der Waals surface area contributed by atoms with Crippen LogP contribution in [0.1, 0.15) is 112 Å². The number of hydrogen-bond donors (Lipinski definition) is 0. The number of benzene rings is 5. The molecule has 0 spiro atoms. The molecule has 0 aromatic heterocycles. The molecule has 0 aliphatic heterocycles. The van der Waals surface area contributed by atoms with Crippen molar-refractivity contribution in [3.05, 3.63) is 339 Å². The molecular formula is C77H74N2. The Bertz CT molecular complexity index is 3630. The van der Waals surface area contributed by atoms with Gasteiger partial charge in [0.1, 0.15) is 0 Å². The summed E-state index contributed by atoms with van der Waals surface area (Å²) in [7, 11) is 0. The molecule has 0 saturated carbocycles. The van der Waals surface area contributed by atoms with E-state index in [0.29, 0.717) is 0 Å². The Morgan fingerprint density at radius 3 is 2.28 bits per heavy atom. The third kappa shape index (κ3) is 11.9. The summed E-state index contributed by atoms with van der Waals surface area (Å²) < 4.78 is 0. The normalized spacial score (nSPS) is 18.8. The van der Waals surface area contributed by atoms with Crippen LogP contribution in [0.5, 0.6) is 0 Å². The summed E-state index contributed by atoms with van der Waals surface area (Å²) in [5.41, 5.74) is 25.6. The molecule has 6 aliphatic carbocycles. The molecule has 5 aromatic carbocycles. The smallest absolute Gasteiger partial charge is 0.0715 e. The van der Waals surface area contributed by atoms with E-state index in [4.69, 9.17) is 0 Å². The molecule has 11 rings (SSSR count). The molecule has 1 unspecified atom stereocenters. The molecule has 0 saturated heterocycles. The minimum atomic E-state index is -0.118. The number of anilines is 2. The van der Waals surface area contributed by atoms with E-state index in [-0.39, 0.29) is 11.5 Å². The van der Waals surface area contributed by atoms with Crippen molar-refractivity contribution in [3.63, 3.8) is 0 Å². The van der Waals surface area contributed by atoms with Crippen molar-refractivity contribution in [1.82, 2.24) is 0 Å². The van der Waals surface area contributed by atoms with E-state index in [1.807, 2.05) is 0 Å². The van der Waals surface area contributed by atoms with E-state index in [0.717, 1.165) is 57.1 Å². The molecule has 392 valence electrons. The zero-order valence-corrected chi connectivity index (χ0v) is 46.9. The van der Waals surface area contributed by atoms with Crippen LogP contribution in [0.3, 0.4) is 0 Å². The van der Waals surface area contributed by atoms with Gasteiger partial charge < -0.3 is 9.80 Å². The summed E-state index contributed by atoms with van der Waals surface area (Å²) >= 11 is 0. The summed E-state index contributed by atoms with van der Waals surface area (Å²) in [6.45, 7) is 11.6. The van der Waals surface area contributed by atoms with Gasteiger partial charge in [-0.25, -0.2) is 0 Å². The molecule has 2 nitrogen and oxygen atoms in total. The Labute approximate surface area is 471 Å². The van der Waals surface area contributed by atoms with Gasteiger partial charge in [0, 0.05) is 40.3 Å². The van der Waals surface area contributed by atoms with E-state index >= 15 is 0 Å². The Morgan fingerprint density at radius 2 is 1.43 bits per heavy atom. The summed E-state index contributed by atoms with van der Waals surface area (Å²) in [4.78, 5) is 5.07. The average molecular weight is 1030 g/mol. The minimum Gasteiger partial charge on any atom is -0.331 e. The highest BCUT2D eigenvalue weighted by Crippen LogP contribution is 2.49. The van der Waals surface area contributed by atoms with Gasteiger partial charge in [-0.2, -0.15) is 0 Å². The highest BCUT2D eigenvalue weighted by atomic mass is 15.2. The van der Waals surface area contributed by atoms with E-state index in [9.17, 15) is 0 Å². The lowest BCUT2D eigenvalue weighted by molar-refractivity contribution is 0.652. The standard InChI is InChI=1S/C77H74N2/c1-56(41-42-58(3)78(68-47-43-61(44-48-68)52-59-25-14-10-15-26-59)70-36-24-39-73-72-37-20-21-40-74(72)77(4,5)75(73)55-70)62-33-22-34-67(49-45-62)79(69-35-23-38-71(57(2)51-69)64-31-18-11-19-32-64)76-50-46-65(63-29-16-8-9-17-30-63)54-66(76)53-60-27-12-6-7-13-28-60/h6,8,10-16,18-29,31-32,34-35,37-51,54-55,69H,7,9,17,30,33,36,52-53H2,1-5H3/b56-41+,58-42+. The first-order valence-electron chi connectivity index (χ1n) is 28.7. The monoisotopic (exact) mass is 1030 g/mol. The van der Waals surface area contributed by atoms with Gasteiger partial charge in [-0.05, 0) is 198 Å². The van der Waals surface area contributed by atoms with Gasteiger partial charge in [-0.1, -0.05) is 220 Å². The first-order chi connectivity index (χ1) is 38.7. The Hall–Kier alpha value is -8.46. The van der Waals surface area contributed by atoms with Crippen LogP contribution in [0.2, 0.25) is 0 Å². The van der Waals surface area contributed by atoms with Crippen molar-refractivity contribution >= 4 is 28.1 Å². The molecule has 0 amide bonds. The first kappa shape index (κ1) is 52.6. The molecule has 5 aromatic rings. The Morgan fingerprint density at radius 1 is 0.658 bits per heavy atom. The fraction of sp³-hybridized carbons (Fsp3) is 0.195. The fourth-order valence-corrected chi connectivity index (χ4v) is 12.2. The quantitative estimate of drug-likeness (QED) is 0.102. The van der Waals surface area contributed by atoms with Gasteiger partial charge >= 0.3 is 0 Å². The molecule has 0 fully saturated rings. The molecule has 0 bridgehead atoms. The Kier molecular flexibility index (Phi) is 16.0. The second-order valence-corrected chi connectivity index (χ2v) is 22.3. The van der Waals surface area contributed by atoms with Crippen LogP contribution in [-0.4, -0.2) is 6.04 Å². The zero-order chi connectivity index (χ0) is 54.1. The minimum absolute atomic E-state index is 0.0453. The Balaban J connectivity index is 0.968. The second kappa shape index (κ2) is 24.1. The van der Waals surface area contributed by atoms with Crippen molar-refractivity contribution < 1.29 is 0 Å². The predicted molar refractivity (Wildman–Crippen MR) is 340 cm³/mol. The van der Waals surface area contributed by atoms with Crippen LogP contribution in [0.15, 0.2) is 300 Å². The van der Waals surface area contributed by atoms with Crippen LogP contribution >= 0.6 is 0 Å². The third-order valence-corrected chi connectivity index (χ3v) is 16.5. The summed E-state index contributed by atoms with van der Waals surface area (Å²) in [5, 5.41) is 0. The van der Waals surface area contributed by atoms with Crippen LogP contribution in [-0.2, 0) is 18.3 Å². The molecule has 1 atom stereocenters. The highest BCUT2D eigenvalue weighted by Gasteiger charge is 2.37. The lowest BCUT2D eigenvalue weighted by atomic mass is 9.81. The highest BCUT2D eigenvalue weighted by molar-refractivity contribution is 5.89. The maximum Gasteiger partial charge on any atom is 0.0715 e. The van der Waals surface area contributed by atoms with Crippen LogP contribution in [0.4, 0.5) is 11.4 Å². The summed E-state index contributed by atoms with van der Waals surface area (Å²) in [6, 6.07) is 47.0. The van der Waals surface area contributed by atoms with E-state index in [1.54, 1.807) is 0 Å². The van der Waals surface area contributed by atoms with E-state index in [1.165, 1.54) is 106 Å². The summed E-state index contributed by atoms with van der Waals surface area (Å²) in [5.74, 6) is 0. The number of rotatable bonds is 14.